The first-order valence-electron chi connectivity index (χ1n) is 8.07. The van der Waals surface area contributed by atoms with Gasteiger partial charge in [0.25, 0.3) is 11.8 Å². The molecule has 2 aromatic carbocycles. The van der Waals surface area contributed by atoms with Gasteiger partial charge in [0.15, 0.2) is 18.1 Å². The Morgan fingerprint density at radius 3 is 2.15 bits per heavy atom. The standard InChI is InChI=1S/C19H22N2O6/c1-12-6-5-7-14(8-12)27-11-17(22)20-21-19(23)13-9-15(24-2)18(26-4)16(10-13)25-3/h5-10H,11H2,1-4H3,(H,20,22)(H,21,23). The van der Waals surface area contributed by atoms with Crippen LogP contribution in [0.4, 0.5) is 0 Å². The second-order valence-electron chi connectivity index (χ2n) is 5.52. The van der Waals surface area contributed by atoms with Crippen molar-refractivity contribution in [3.05, 3.63) is 47.5 Å². The van der Waals surface area contributed by atoms with Crippen molar-refractivity contribution in [1.82, 2.24) is 10.9 Å². The second-order valence-corrected chi connectivity index (χ2v) is 5.52. The molecule has 2 amide bonds. The van der Waals surface area contributed by atoms with Crippen LogP contribution in [0.5, 0.6) is 23.0 Å². The van der Waals surface area contributed by atoms with E-state index < -0.39 is 11.8 Å². The minimum atomic E-state index is -0.543. The van der Waals surface area contributed by atoms with Crippen molar-refractivity contribution < 1.29 is 28.5 Å². The van der Waals surface area contributed by atoms with Crippen molar-refractivity contribution >= 4 is 11.8 Å². The number of hydrazine groups is 1. The molecule has 27 heavy (non-hydrogen) atoms. The largest absolute Gasteiger partial charge is 0.493 e. The number of carbonyl (C=O) groups excluding carboxylic acids is 2. The van der Waals surface area contributed by atoms with E-state index in [2.05, 4.69) is 10.9 Å². The Morgan fingerprint density at radius 1 is 0.926 bits per heavy atom. The van der Waals surface area contributed by atoms with E-state index in [0.717, 1.165) is 5.56 Å². The summed E-state index contributed by atoms with van der Waals surface area (Å²) in [6, 6.07) is 10.3. The van der Waals surface area contributed by atoms with Crippen molar-refractivity contribution in [1.29, 1.82) is 0 Å². The van der Waals surface area contributed by atoms with Crippen LogP contribution in [0.15, 0.2) is 36.4 Å². The number of methoxy groups -OCH3 is 3. The number of benzene rings is 2. The van der Waals surface area contributed by atoms with Gasteiger partial charge in [0.2, 0.25) is 5.75 Å². The van der Waals surface area contributed by atoms with Gasteiger partial charge >= 0.3 is 0 Å². The summed E-state index contributed by atoms with van der Waals surface area (Å²) < 4.78 is 21.0. The fourth-order valence-corrected chi connectivity index (χ4v) is 2.30. The van der Waals surface area contributed by atoms with E-state index in [-0.39, 0.29) is 12.2 Å². The van der Waals surface area contributed by atoms with Gasteiger partial charge in [-0.1, -0.05) is 12.1 Å². The lowest BCUT2D eigenvalue weighted by atomic mass is 10.1. The summed E-state index contributed by atoms with van der Waals surface area (Å²) in [5.74, 6) is 0.552. The predicted molar refractivity (Wildman–Crippen MR) is 98.4 cm³/mol. The van der Waals surface area contributed by atoms with E-state index in [1.165, 1.54) is 33.5 Å². The first-order valence-corrected chi connectivity index (χ1v) is 8.07. The van der Waals surface area contributed by atoms with Crippen LogP contribution < -0.4 is 29.8 Å². The van der Waals surface area contributed by atoms with Gasteiger partial charge in [0.05, 0.1) is 21.3 Å². The molecule has 0 saturated carbocycles. The number of hydrogen-bond donors (Lipinski definition) is 2. The van der Waals surface area contributed by atoms with Crippen LogP contribution in [-0.2, 0) is 4.79 Å². The Balaban J connectivity index is 1.95. The van der Waals surface area contributed by atoms with Crippen molar-refractivity contribution in [3.63, 3.8) is 0 Å². The molecule has 0 fully saturated rings. The fraction of sp³-hybridized carbons (Fsp3) is 0.263. The van der Waals surface area contributed by atoms with Crippen LogP contribution in [0.1, 0.15) is 15.9 Å². The highest BCUT2D eigenvalue weighted by Gasteiger charge is 2.17. The number of nitrogens with one attached hydrogen (secondary N) is 2. The molecule has 0 aromatic heterocycles. The molecule has 0 heterocycles. The average Bonchev–Trinajstić information content (AvgIpc) is 2.69. The minimum Gasteiger partial charge on any atom is -0.493 e. The first kappa shape index (κ1) is 19.9. The van der Waals surface area contributed by atoms with Crippen molar-refractivity contribution in [2.24, 2.45) is 0 Å². The Bertz CT molecular complexity index is 797. The monoisotopic (exact) mass is 374 g/mol. The zero-order valence-corrected chi connectivity index (χ0v) is 15.6. The van der Waals surface area contributed by atoms with Crippen molar-refractivity contribution in [3.8, 4) is 23.0 Å². The summed E-state index contributed by atoms with van der Waals surface area (Å²) in [6.45, 7) is 1.68. The van der Waals surface area contributed by atoms with Crippen molar-refractivity contribution in [2.45, 2.75) is 6.92 Å². The number of amides is 2. The molecule has 2 N–H and O–H groups in total. The molecular formula is C19H22N2O6. The maximum Gasteiger partial charge on any atom is 0.276 e. The molecule has 2 aromatic rings. The summed E-state index contributed by atoms with van der Waals surface area (Å²) in [5, 5.41) is 0. The fourth-order valence-electron chi connectivity index (χ4n) is 2.30. The van der Waals surface area contributed by atoms with Crippen LogP contribution >= 0.6 is 0 Å². The second kappa shape index (κ2) is 9.33. The summed E-state index contributed by atoms with van der Waals surface area (Å²) >= 11 is 0. The molecule has 0 radical (unpaired) electrons. The van der Waals surface area contributed by atoms with E-state index in [9.17, 15) is 9.59 Å². The highest BCUT2D eigenvalue weighted by molar-refractivity contribution is 5.96. The van der Waals surface area contributed by atoms with Crippen LogP contribution in [0.3, 0.4) is 0 Å². The SMILES string of the molecule is COc1cc(C(=O)NNC(=O)COc2cccc(C)c2)cc(OC)c1OC. The summed E-state index contributed by atoms with van der Waals surface area (Å²) in [7, 11) is 4.36. The highest BCUT2D eigenvalue weighted by Crippen LogP contribution is 2.38. The molecule has 0 unspecified atom stereocenters. The number of ether oxygens (including phenoxy) is 4. The lowest BCUT2D eigenvalue weighted by Crippen LogP contribution is -2.43. The van der Waals surface area contributed by atoms with Crippen LogP contribution in [-0.4, -0.2) is 39.8 Å². The number of hydrogen-bond acceptors (Lipinski definition) is 6. The molecule has 144 valence electrons. The maximum atomic E-state index is 12.3. The van der Waals surface area contributed by atoms with E-state index in [1.807, 2.05) is 25.1 Å². The van der Waals surface area contributed by atoms with E-state index >= 15 is 0 Å². The van der Waals surface area contributed by atoms with Crippen LogP contribution in [0.25, 0.3) is 0 Å². The molecule has 0 atom stereocenters. The third kappa shape index (κ3) is 5.27. The minimum absolute atomic E-state index is 0.226. The Labute approximate surface area is 157 Å². The lowest BCUT2D eigenvalue weighted by molar-refractivity contribution is -0.123. The van der Waals surface area contributed by atoms with Gasteiger partial charge in [-0.15, -0.1) is 0 Å². The van der Waals surface area contributed by atoms with Gasteiger partial charge in [-0.25, -0.2) is 0 Å². The highest BCUT2D eigenvalue weighted by atomic mass is 16.5. The Morgan fingerprint density at radius 2 is 1.59 bits per heavy atom. The first-order chi connectivity index (χ1) is 13.0. The van der Waals surface area contributed by atoms with Gasteiger partial charge in [-0.05, 0) is 36.8 Å². The normalized spacial score (nSPS) is 9.93. The number of rotatable bonds is 7. The molecule has 0 saturated heterocycles. The number of carbonyl (C=O) groups is 2. The number of aryl methyl sites for hydroxylation is 1. The predicted octanol–water partition coefficient (Wildman–Crippen LogP) is 1.86. The molecule has 0 aliphatic heterocycles. The molecule has 0 aliphatic carbocycles. The Kier molecular flexibility index (Phi) is 6.87. The third-order valence-corrected chi connectivity index (χ3v) is 3.60. The van der Waals surface area contributed by atoms with Gasteiger partial charge in [-0.2, -0.15) is 0 Å². The molecule has 0 bridgehead atoms. The zero-order chi connectivity index (χ0) is 19.8. The van der Waals surface area contributed by atoms with Crippen molar-refractivity contribution in [2.75, 3.05) is 27.9 Å². The smallest absolute Gasteiger partial charge is 0.276 e. The molecule has 0 spiro atoms. The lowest BCUT2D eigenvalue weighted by Gasteiger charge is -2.14. The van der Waals surface area contributed by atoms with Gasteiger partial charge in [0, 0.05) is 5.56 Å². The Hall–Kier alpha value is -3.42. The van der Waals surface area contributed by atoms with E-state index in [0.29, 0.717) is 23.0 Å². The molecule has 8 nitrogen and oxygen atoms in total. The summed E-state index contributed by atoms with van der Waals surface area (Å²) in [5.41, 5.74) is 5.85. The van der Waals surface area contributed by atoms with E-state index in [1.54, 1.807) is 6.07 Å². The third-order valence-electron chi connectivity index (χ3n) is 3.60. The van der Waals surface area contributed by atoms with E-state index in [4.69, 9.17) is 18.9 Å². The molecule has 8 heteroatoms. The molecule has 0 aliphatic rings. The molecule has 2 rings (SSSR count). The summed E-state index contributed by atoms with van der Waals surface area (Å²) in [4.78, 5) is 24.1. The molecular weight excluding hydrogens is 352 g/mol. The maximum absolute atomic E-state index is 12.3. The van der Waals surface area contributed by atoms with Crippen LogP contribution in [0.2, 0.25) is 0 Å². The average molecular weight is 374 g/mol. The van der Waals surface area contributed by atoms with Crippen LogP contribution in [0, 0.1) is 6.92 Å². The summed E-state index contributed by atoms with van der Waals surface area (Å²) in [6.07, 6.45) is 0. The zero-order valence-electron chi connectivity index (χ0n) is 15.6. The van der Waals surface area contributed by atoms with Gasteiger partial charge in [0.1, 0.15) is 5.75 Å². The topological polar surface area (TPSA) is 95.1 Å². The van der Waals surface area contributed by atoms with Gasteiger partial charge < -0.3 is 18.9 Å². The van der Waals surface area contributed by atoms with Gasteiger partial charge in [-0.3, -0.25) is 20.4 Å². The quantitative estimate of drug-likeness (QED) is 0.719.